The first-order valence-electron chi connectivity index (χ1n) is 7.79. The number of nitrogens with zero attached hydrogens (tertiary/aromatic N) is 1. The van der Waals surface area contributed by atoms with E-state index in [0.717, 1.165) is 5.56 Å². The molecule has 0 aliphatic carbocycles. The van der Waals surface area contributed by atoms with Gasteiger partial charge in [-0.2, -0.15) is 0 Å². The van der Waals surface area contributed by atoms with Crippen molar-refractivity contribution in [2.24, 2.45) is 5.92 Å². The number of rotatable bonds is 3. The molecule has 0 spiro atoms. The van der Waals surface area contributed by atoms with Crippen LogP contribution in [0.2, 0.25) is 0 Å². The third-order valence-corrected chi connectivity index (χ3v) is 4.30. The van der Waals surface area contributed by atoms with E-state index in [-0.39, 0.29) is 23.4 Å². The van der Waals surface area contributed by atoms with E-state index in [4.69, 9.17) is 0 Å². The minimum Gasteiger partial charge on any atom is -0.339 e. The van der Waals surface area contributed by atoms with Crippen LogP contribution in [-0.2, 0) is 0 Å². The average molecular weight is 311 g/mol. The number of benzene rings is 2. The van der Waals surface area contributed by atoms with Crippen LogP contribution in [0.4, 0.5) is 4.39 Å². The quantitative estimate of drug-likeness (QED) is 0.813. The first kappa shape index (κ1) is 15.4. The molecule has 1 amide bonds. The highest BCUT2D eigenvalue weighted by Gasteiger charge is 2.28. The molecule has 4 heteroatoms. The Morgan fingerprint density at radius 1 is 0.870 bits per heavy atom. The normalized spacial score (nSPS) is 15.4. The number of carbonyl (C=O) groups excluding carboxylic acids is 2. The minimum absolute atomic E-state index is 0.0327. The van der Waals surface area contributed by atoms with Crippen molar-refractivity contribution in [3.8, 4) is 0 Å². The van der Waals surface area contributed by atoms with Crippen LogP contribution in [0.5, 0.6) is 0 Å². The second-order valence-corrected chi connectivity index (χ2v) is 5.80. The monoisotopic (exact) mass is 311 g/mol. The van der Waals surface area contributed by atoms with Crippen LogP contribution in [0.15, 0.2) is 54.6 Å². The van der Waals surface area contributed by atoms with Gasteiger partial charge in [-0.15, -0.1) is 0 Å². The number of Topliss-reactive ketones (excluding diaryl/α,β-unsaturated/α-hetero) is 1. The maximum Gasteiger partial charge on any atom is 0.253 e. The summed E-state index contributed by atoms with van der Waals surface area (Å²) in [6, 6.07) is 14.9. The van der Waals surface area contributed by atoms with Gasteiger partial charge in [0.25, 0.3) is 5.91 Å². The predicted molar refractivity (Wildman–Crippen MR) is 85.8 cm³/mol. The van der Waals surface area contributed by atoms with Crippen LogP contribution in [0.1, 0.15) is 33.6 Å². The highest BCUT2D eigenvalue weighted by Crippen LogP contribution is 2.23. The number of halogens is 1. The second-order valence-electron chi connectivity index (χ2n) is 5.80. The Hall–Kier alpha value is -2.49. The Labute approximate surface area is 134 Å². The molecule has 2 aromatic carbocycles. The fraction of sp³-hybridized carbons (Fsp3) is 0.263. The van der Waals surface area contributed by atoms with E-state index in [1.807, 2.05) is 30.3 Å². The van der Waals surface area contributed by atoms with E-state index in [1.165, 1.54) is 24.3 Å². The minimum atomic E-state index is -0.353. The van der Waals surface area contributed by atoms with Gasteiger partial charge in [-0.25, -0.2) is 4.39 Å². The van der Waals surface area contributed by atoms with Gasteiger partial charge in [0, 0.05) is 30.1 Å². The van der Waals surface area contributed by atoms with Crippen molar-refractivity contribution in [1.29, 1.82) is 0 Å². The number of likely N-dealkylation sites (tertiary alicyclic amines) is 1. The van der Waals surface area contributed by atoms with E-state index >= 15 is 0 Å². The third kappa shape index (κ3) is 3.47. The largest absolute Gasteiger partial charge is 0.339 e. The van der Waals surface area contributed by atoms with Crippen molar-refractivity contribution in [2.75, 3.05) is 13.1 Å². The Morgan fingerprint density at radius 2 is 1.48 bits per heavy atom. The van der Waals surface area contributed by atoms with Gasteiger partial charge in [0.2, 0.25) is 0 Å². The first-order valence-corrected chi connectivity index (χ1v) is 7.79. The lowest BCUT2D eigenvalue weighted by Crippen LogP contribution is -2.40. The summed E-state index contributed by atoms with van der Waals surface area (Å²) in [6.45, 7) is 1.11. The van der Waals surface area contributed by atoms with Crippen molar-refractivity contribution in [1.82, 2.24) is 4.90 Å². The predicted octanol–water partition coefficient (Wildman–Crippen LogP) is 3.56. The van der Waals surface area contributed by atoms with Crippen LogP contribution >= 0.6 is 0 Å². The molecular formula is C19H18FNO2. The van der Waals surface area contributed by atoms with Crippen molar-refractivity contribution in [3.63, 3.8) is 0 Å². The summed E-state index contributed by atoms with van der Waals surface area (Å²) in [5, 5.41) is 0. The molecule has 23 heavy (non-hydrogen) atoms. The maximum atomic E-state index is 12.9. The van der Waals surface area contributed by atoms with Gasteiger partial charge < -0.3 is 4.90 Å². The van der Waals surface area contributed by atoms with Crippen LogP contribution in [0.3, 0.4) is 0 Å². The molecule has 1 fully saturated rings. The summed E-state index contributed by atoms with van der Waals surface area (Å²) in [5.74, 6) is -0.335. The molecule has 0 unspecified atom stereocenters. The standard InChI is InChI=1S/C19H18FNO2/c20-17-8-6-16(7-9-17)19(23)21-12-10-15(11-13-21)18(22)14-4-2-1-3-5-14/h1-9,15H,10-13H2. The zero-order valence-corrected chi connectivity index (χ0v) is 12.7. The Morgan fingerprint density at radius 3 is 2.09 bits per heavy atom. The first-order chi connectivity index (χ1) is 11.1. The number of amides is 1. The Bertz CT molecular complexity index is 689. The van der Waals surface area contributed by atoms with Gasteiger partial charge in [0.05, 0.1) is 0 Å². The Balaban J connectivity index is 1.61. The summed E-state index contributed by atoms with van der Waals surface area (Å²) in [4.78, 5) is 26.6. The lowest BCUT2D eigenvalue weighted by Gasteiger charge is -2.31. The molecule has 3 rings (SSSR count). The van der Waals surface area contributed by atoms with E-state index in [0.29, 0.717) is 31.5 Å². The second kappa shape index (κ2) is 6.73. The van der Waals surface area contributed by atoms with Gasteiger partial charge in [-0.1, -0.05) is 30.3 Å². The summed E-state index contributed by atoms with van der Waals surface area (Å²) < 4.78 is 12.9. The fourth-order valence-electron chi connectivity index (χ4n) is 2.96. The molecule has 1 heterocycles. The molecule has 0 aromatic heterocycles. The molecule has 1 aliphatic rings. The van der Waals surface area contributed by atoms with Crippen LogP contribution in [0, 0.1) is 11.7 Å². The van der Waals surface area contributed by atoms with E-state index in [1.54, 1.807) is 4.90 Å². The number of hydrogen-bond acceptors (Lipinski definition) is 2. The zero-order chi connectivity index (χ0) is 16.2. The van der Waals surface area contributed by atoms with Gasteiger partial charge in [0.1, 0.15) is 5.82 Å². The van der Waals surface area contributed by atoms with Gasteiger partial charge >= 0.3 is 0 Å². The maximum absolute atomic E-state index is 12.9. The molecule has 0 bridgehead atoms. The lowest BCUT2D eigenvalue weighted by atomic mass is 9.88. The van der Waals surface area contributed by atoms with Gasteiger partial charge in [0.15, 0.2) is 5.78 Å². The molecule has 0 N–H and O–H groups in total. The lowest BCUT2D eigenvalue weighted by molar-refractivity contribution is 0.0650. The molecule has 3 nitrogen and oxygen atoms in total. The van der Waals surface area contributed by atoms with Crippen LogP contribution in [-0.4, -0.2) is 29.7 Å². The zero-order valence-electron chi connectivity index (χ0n) is 12.7. The molecule has 2 aromatic rings. The van der Waals surface area contributed by atoms with E-state index in [2.05, 4.69) is 0 Å². The molecule has 118 valence electrons. The van der Waals surface area contributed by atoms with Crippen LogP contribution < -0.4 is 0 Å². The average Bonchev–Trinajstić information content (AvgIpc) is 2.62. The summed E-state index contributed by atoms with van der Waals surface area (Å²) in [6.07, 6.45) is 1.33. The number of hydrogen-bond donors (Lipinski definition) is 0. The van der Waals surface area contributed by atoms with Crippen LogP contribution in [0.25, 0.3) is 0 Å². The van der Waals surface area contributed by atoms with E-state index < -0.39 is 0 Å². The highest BCUT2D eigenvalue weighted by molar-refractivity contribution is 5.98. The number of ketones is 1. The number of carbonyl (C=O) groups is 2. The summed E-state index contributed by atoms with van der Waals surface area (Å²) in [5.41, 5.74) is 1.22. The van der Waals surface area contributed by atoms with Crippen molar-refractivity contribution in [2.45, 2.75) is 12.8 Å². The smallest absolute Gasteiger partial charge is 0.253 e. The molecule has 0 radical (unpaired) electrons. The Kier molecular flexibility index (Phi) is 4.51. The topological polar surface area (TPSA) is 37.4 Å². The highest BCUT2D eigenvalue weighted by atomic mass is 19.1. The van der Waals surface area contributed by atoms with Crippen molar-refractivity contribution < 1.29 is 14.0 Å². The van der Waals surface area contributed by atoms with Gasteiger partial charge in [-0.05, 0) is 37.1 Å². The SMILES string of the molecule is O=C(c1ccccc1)C1CCN(C(=O)c2ccc(F)cc2)CC1. The van der Waals surface area contributed by atoms with Crippen molar-refractivity contribution >= 4 is 11.7 Å². The fourth-order valence-corrected chi connectivity index (χ4v) is 2.96. The molecule has 1 aliphatic heterocycles. The molecule has 0 saturated carbocycles. The number of piperidine rings is 1. The summed E-state index contributed by atoms with van der Waals surface area (Å²) >= 11 is 0. The molecular weight excluding hydrogens is 293 g/mol. The van der Waals surface area contributed by atoms with E-state index in [9.17, 15) is 14.0 Å². The van der Waals surface area contributed by atoms with Gasteiger partial charge in [-0.3, -0.25) is 9.59 Å². The van der Waals surface area contributed by atoms with Crippen molar-refractivity contribution in [3.05, 3.63) is 71.5 Å². The molecule has 1 saturated heterocycles. The molecule has 0 atom stereocenters. The third-order valence-electron chi connectivity index (χ3n) is 4.30. The summed E-state index contributed by atoms with van der Waals surface area (Å²) in [7, 11) is 0.